The zero-order chi connectivity index (χ0) is 23.8. The standard InChI is InChI=1S/C26H23ClN2O5/c1-32-18-12-8-16(9-13-18)28-22(21(27)25(28)30)23-24(34-20-6-4-3-5-7-20)26(31)29(23)17-10-14-19(33-2)15-11-17/h3-15,21-24H,1-2H3/t21-,22-,23+,24-/m0/s1. The van der Waals surface area contributed by atoms with E-state index in [9.17, 15) is 9.59 Å². The van der Waals surface area contributed by atoms with Gasteiger partial charge in [-0.1, -0.05) is 18.2 Å². The van der Waals surface area contributed by atoms with Gasteiger partial charge in [0.05, 0.1) is 20.3 Å². The first-order chi connectivity index (χ1) is 16.5. The third kappa shape index (κ3) is 3.62. The van der Waals surface area contributed by atoms with Crippen LogP contribution in [0.15, 0.2) is 78.9 Å². The van der Waals surface area contributed by atoms with Gasteiger partial charge in [0.15, 0.2) is 6.10 Å². The number of carbonyl (C=O) groups excluding carboxylic acids is 2. The number of hydrogen-bond donors (Lipinski definition) is 0. The Balaban J connectivity index is 1.50. The van der Waals surface area contributed by atoms with Crippen molar-refractivity contribution in [1.29, 1.82) is 0 Å². The molecule has 2 aliphatic heterocycles. The molecule has 8 heteroatoms. The van der Waals surface area contributed by atoms with Crippen LogP contribution in [0, 0.1) is 0 Å². The van der Waals surface area contributed by atoms with Gasteiger partial charge in [-0.2, -0.15) is 0 Å². The van der Waals surface area contributed by atoms with Gasteiger partial charge < -0.3 is 19.1 Å². The van der Waals surface area contributed by atoms with E-state index in [4.69, 9.17) is 25.8 Å². The van der Waals surface area contributed by atoms with Crippen LogP contribution in [0.25, 0.3) is 0 Å². The summed E-state index contributed by atoms with van der Waals surface area (Å²) in [4.78, 5) is 29.4. The van der Waals surface area contributed by atoms with Crippen molar-refractivity contribution in [1.82, 2.24) is 0 Å². The zero-order valence-corrected chi connectivity index (χ0v) is 19.4. The van der Waals surface area contributed by atoms with E-state index in [0.717, 1.165) is 0 Å². The van der Waals surface area contributed by atoms with Crippen LogP contribution in [0.4, 0.5) is 11.4 Å². The first-order valence-corrected chi connectivity index (χ1v) is 11.3. The molecule has 174 valence electrons. The number of β-lactam (4-membered cyclic amide) rings is 2. The van der Waals surface area contributed by atoms with Gasteiger partial charge in [0, 0.05) is 11.4 Å². The highest BCUT2D eigenvalue weighted by Crippen LogP contribution is 2.43. The maximum absolute atomic E-state index is 13.3. The third-order valence-electron chi connectivity index (χ3n) is 6.22. The molecule has 7 nitrogen and oxygen atoms in total. The summed E-state index contributed by atoms with van der Waals surface area (Å²) < 4.78 is 16.6. The van der Waals surface area contributed by atoms with E-state index in [2.05, 4.69) is 0 Å². The number of rotatable bonds is 7. The number of ether oxygens (including phenoxy) is 3. The average Bonchev–Trinajstić information content (AvgIpc) is 2.89. The Morgan fingerprint density at radius 2 is 1.15 bits per heavy atom. The molecule has 0 N–H and O–H groups in total. The second-order valence-electron chi connectivity index (χ2n) is 8.05. The molecule has 0 bridgehead atoms. The lowest BCUT2D eigenvalue weighted by atomic mass is 9.81. The molecule has 0 aromatic heterocycles. The molecule has 0 saturated carbocycles. The van der Waals surface area contributed by atoms with Crippen molar-refractivity contribution in [3.05, 3.63) is 78.9 Å². The van der Waals surface area contributed by atoms with Gasteiger partial charge >= 0.3 is 0 Å². The van der Waals surface area contributed by atoms with Crippen LogP contribution in [-0.2, 0) is 9.59 Å². The van der Waals surface area contributed by atoms with Gasteiger partial charge in [0.2, 0.25) is 5.91 Å². The van der Waals surface area contributed by atoms with E-state index in [1.165, 1.54) is 0 Å². The summed E-state index contributed by atoms with van der Waals surface area (Å²) in [7, 11) is 3.17. The van der Waals surface area contributed by atoms with Crippen LogP contribution < -0.4 is 24.0 Å². The van der Waals surface area contributed by atoms with Crippen molar-refractivity contribution in [2.75, 3.05) is 24.0 Å². The molecule has 0 aliphatic carbocycles. The van der Waals surface area contributed by atoms with Gasteiger partial charge in [0.1, 0.15) is 28.7 Å². The monoisotopic (exact) mass is 478 g/mol. The highest BCUT2D eigenvalue weighted by atomic mass is 35.5. The number of amides is 2. The Bertz CT molecular complexity index is 1190. The number of hydrogen-bond acceptors (Lipinski definition) is 5. The molecular formula is C26H23ClN2O5. The topological polar surface area (TPSA) is 68.3 Å². The van der Waals surface area contributed by atoms with E-state index in [1.54, 1.807) is 72.6 Å². The zero-order valence-electron chi connectivity index (χ0n) is 18.6. The third-order valence-corrected chi connectivity index (χ3v) is 6.66. The molecule has 2 amide bonds. The van der Waals surface area contributed by atoms with Crippen molar-refractivity contribution in [2.24, 2.45) is 0 Å². The molecule has 0 radical (unpaired) electrons. The van der Waals surface area contributed by atoms with E-state index < -0.39 is 23.6 Å². The molecule has 2 fully saturated rings. The normalized spacial score (nSPS) is 23.7. The summed E-state index contributed by atoms with van der Waals surface area (Å²) >= 11 is 6.56. The molecule has 2 aliphatic rings. The van der Waals surface area contributed by atoms with E-state index in [1.807, 2.05) is 30.3 Å². The fourth-order valence-electron chi connectivity index (χ4n) is 4.47. The summed E-state index contributed by atoms with van der Waals surface area (Å²) in [6.07, 6.45) is -0.787. The maximum Gasteiger partial charge on any atom is 0.270 e. The number of methoxy groups -OCH3 is 2. The van der Waals surface area contributed by atoms with Crippen LogP contribution in [0.5, 0.6) is 17.2 Å². The highest BCUT2D eigenvalue weighted by Gasteiger charge is 2.63. The van der Waals surface area contributed by atoms with Crippen molar-refractivity contribution < 1.29 is 23.8 Å². The number of para-hydroxylation sites is 1. The van der Waals surface area contributed by atoms with Crippen molar-refractivity contribution in [2.45, 2.75) is 23.6 Å². The van der Waals surface area contributed by atoms with Crippen molar-refractivity contribution in [3.8, 4) is 17.2 Å². The SMILES string of the molecule is COc1ccc(N2C(=O)[C@@H](Cl)[C@H]2[C@@H]2[C@H](Oc3ccccc3)C(=O)N2c2ccc(OC)cc2)cc1. The smallest absolute Gasteiger partial charge is 0.270 e. The first kappa shape index (κ1) is 22.1. The summed E-state index contributed by atoms with van der Waals surface area (Å²) in [5.41, 5.74) is 1.36. The number of halogens is 1. The number of alkyl halides is 1. The Morgan fingerprint density at radius 3 is 1.65 bits per heavy atom. The lowest BCUT2D eigenvalue weighted by molar-refractivity contribution is -0.138. The summed E-state index contributed by atoms with van der Waals surface area (Å²) in [5, 5.41) is -0.789. The van der Waals surface area contributed by atoms with Crippen LogP contribution in [0.2, 0.25) is 0 Å². The molecule has 4 atom stereocenters. The fraction of sp³-hybridized carbons (Fsp3) is 0.231. The average molecular weight is 479 g/mol. The first-order valence-electron chi connectivity index (χ1n) is 10.8. The van der Waals surface area contributed by atoms with Crippen molar-refractivity contribution >= 4 is 34.8 Å². The van der Waals surface area contributed by atoms with Crippen LogP contribution in [0.1, 0.15) is 0 Å². The van der Waals surface area contributed by atoms with Crippen LogP contribution >= 0.6 is 11.6 Å². The van der Waals surface area contributed by atoms with Gasteiger partial charge in [-0.25, -0.2) is 0 Å². The Labute approximate surface area is 202 Å². The number of anilines is 2. The molecule has 0 spiro atoms. The number of nitrogens with zero attached hydrogens (tertiary/aromatic N) is 2. The van der Waals surface area contributed by atoms with Gasteiger partial charge in [0.25, 0.3) is 5.91 Å². The van der Waals surface area contributed by atoms with Crippen LogP contribution in [0.3, 0.4) is 0 Å². The van der Waals surface area contributed by atoms with E-state index >= 15 is 0 Å². The summed E-state index contributed by atoms with van der Waals surface area (Å²) in [6.45, 7) is 0. The molecule has 2 heterocycles. The molecule has 3 aromatic carbocycles. The molecule has 2 saturated heterocycles. The van der Waals surface area contributed by atoms with Gasteiger partial charge in [-0.15, -0.1) is 11.6 Å². The fourth-order valence-corrected chi connectivity index (χ4v) is 4.83. The molecule has 3 aromatic rings. The van der Waals surface area contributed by atoms with E-state index in [-0.39, 0.29) is 11.8 Å². The number of benzene rings is 3. The van der Waals surface area contributed by atoms with Gasteiger partial charge in [-0.05, 0) is 60.7 Å². The minimum atomic E-state index is -0.789. The Kier molecular flexibility index (Phi) is 5.79. The second kappa shape index (κ2) is 8.91. The predicted octanol–water partition coefficient (Wildman–Crippen LogP) is 3.89. The largest absolute Gasteiger partial charge is 0.497 e. The predicted molar refractivity (Wildman–Crippen MR) is 129 cm³/mol. The Morgan fingerprint density at radius 1 is 0.647 bits per heavy atom. The van der Waals surface area contributed by atoms with Crippen LogP contribution in [-0.4, -0.2) is 49.6 Å². The molecule has 0 unspecified atom stereocenters. The van der Waals surface area contributed by atoms with Gasteiger partial charge in [-0.3, -0.25) is 14.5 Å². The van der Waals surface area contributed by atoms with E-state index in [0.29, 0.717) is 28.6 Å². The summed E-state index contributed by atoms with van der Waals surface area (Å²) in [6, 6.07) is 22.6. The maximum atomic E-state index is 13.3. The quantitative estimate of drug-likeness (QED) is 0.380. The molecular weight excluding hydrogens is 456 g/mol. The lowest BCUT2D eigenvalue weighted by Gasteiger charge is -2.57. The summed E-state index contributed by atoms with van der Waals surface area (Å²) in [5.74, 6) is 1.52. The molecule has 34 heavy (non-hydrogen) atoms. The number of carbonyl (C=O) groups is 2. The Hall–Kier alpha value is -3.71. The molecule has 5 rings (SSSR count). The minimum Gasteiger partial charge on any atom is -0.497 e. The van der Waals surface area contributed by atoms with Crippen molar-refractivity contribution in [3.63, 3.8) is 0 Å². The highest BCUT2D eigenvalue weighted by molar-refractivity contribution is 6.37. The lowest BCUT2D eigenvalue weighted by Crippen LogP contribution is -2.81. The minimum absolute atomic E-state index is 0.197. The second-order valence-corrected chi connectivity index (χ2v) is 8.52.